The zero-order chi connectivity index (χ0) is 11.3. The lowest BCUT2D eigenvalue weighted by atomic mass is 9.93. The van der Waals surface area contributed by atoms with Crippen molar-refractivity contribution in [1.29, 1.82) is 0 Å². The Labute approximate surface area is 92.4 Å². The summed E-state index contributed by atoms with van der Waals surface area (Å²) in [6, 6.07) is 10.2. The van der Waals surface area contributed by atoms with Crippen LogP contribution < -0.4 is 5.73 Å². The predicted molar refractivity (Wildman–Crippen MR) is 65.7 cm³/mol. The van der Waals surface area contributed by atoms with Crippen LogP contribution in [0, 0.1) is 0 Å². The summed E-state index contributed by atoms with van der Waals surface area (Å²) in [5.41, 5.74) is 7.15. The quantitative estimate of drug-likeness (QED) is 0.743. The number of nitrogens with zero attached hydrogens (tertiary/aromatic N) is 1. The first-order valence-corrected chi connectivity index (χ1v) is 5.20. The van der Waals surface area contributed by atoms with Crippen molar-refractivity contribution in [1.82, 2.24) is 4.90 Å². The standard InChI is InChI=1S/C13H20N2/c1-4-10-15(3)11-13(2,14)12-8-6-5-7-9-12/h4-9H,1,10-11,14H2,2-3H3. The van der Waals surface area contributed by atoms with Gasteiger partial charge in [-0.2, -0.15) is 0 Å². The van der Waals surface area contributed by atoms with Gasteiger partial charge in [0.15, 0.2) is 0 Å². The van der Waals surface area contributed by atoms with Crippen LogP contribution in [-0.2, 0) is 5.54 Å². The van der Waals surface area contributed by atoms with E-state index >= 15 is 0 Å². The molecule has 1 unspecified atom stereocenters. The smallest absolute Gasteiger partial charge is 0.0509 e. The summed E-state index contributed by atoms with van der Waals surface area (Å²) < 4.78 is 0. The summed E-state index contributed by atoms with van der Waals surface area (Å²) in [5.74, 6) is 0. The van der Waals surface area contributed by atoms with E-state index in [1.165, 1.54) is 5.56 Å². The lowest BCUT2D eigenvalue weighted by Crippen LogP contribution is -2.44. The molecule has 0 aliphatic heterocycles. The van der Waals surface area contributed by atoms with Crippen molar-refractivity contribution >= 4 is 0 Å². The summed E-state index contributed by atoms with van der Waals surface area (Å²) in [7, 11) is 2.05. The van der Waals surface area contributed by atoms with Crippen LogP contribution in [0.5, 0.6) is 0 Å². The van der Waals surface area contributed by atoms with Crippen molar-refractivity contribution in [2.24, 2.45) is 5.73 Å². The van der Waals surface area contributed by atoms with Gasteiger partial charge in [-0.05, 0) is 19.5 Å². The van der Waals surface area contributed by atoms with E-state index in [9.17, 15) is 0 Å². The van der Waals surface area contributed by atoms with E-state index < -0.39 is 0 Å². The zero-order valence-corrected chi connectivity index (χ0v) is 9.61. The Kier molecular flexibility index (Phi) is 4.06. The topological polar surface area (TPSA) is 29.3 Å². The predicted octanol–water partition coefficient (Wildman–Crippen LogP) is 1.98. The van der Waals surface area contributed by atoms with Gasteiger partial charge in [0.25, 0.3) is 0 Å². The average molecular weight is 204 g/mol. The van der Waals surface area contributed by atoms with E-state index in [2.05, 4.69) is 37.6 Å². The number of benzene rings is 1. The number of nitrogens with two attached hydrogens (primary N) is 1. The first-order valence-electron chi connectivity index (χ1n) is 5.20. The maximum Gasteiger partial charge on any atom is 0.0509 e. The number of likely N-dealkylation sites (N-methyl/N-ethyl adjacent to an activating group) is 1. The molecule has 2 heteroatoms. The summed E-state index contributed by atoms with van der Waals surface area (Å²) in [5, 5.41) is 0. The number of hydrogen-bond acceptors (Lipinski definition) is 2. The first-order chi connectivity index (χ1) is 7.06. The molecular formula is C13H20N2. The highest BCUT2D eigenvalue weighted by Crippen LogP contribution is 2.17. The minimum Gasteiger partial charge on any atom is -0.321 e. The molecule has 0 amide bonds. The summed E-state index contributed by atoms with van der Waals surface area (Å²) in [6.07, 6.45) is 1.89. The fourth-order valence-electron chi connectivity index (χ4n) is 1.76. The molecule has 1 rings (SSSR count). The molecule has 82 valence electrons. The Morgan fingerprint density at radius 1 is 1.40 bits per heavy atom. The van der Waals surface area contributed by atoms with Gasteiger partial charge in [-0.15, -0.1) is 6.58 Å². The molecule has 0 fully saturated rings. The average Bonchev–Trinajstić information content (AvgIpc) is 2.18. The molecule has 2 N–H and O–H groups in total. The molecule has 0 bridgehead atoms. The van der Waals surface area contributed by atoms with Crippen molar-refractivity contribution in [3.63, 3.8) is 0 Å². The Morgan fingerprint density at radius 2 is 2.00 bits per heavy atom. The van der Waals surface area contributed by atoms with Gasteiger partial charge < -0.3 is 10.6 Å². The van der Waals surface area contributed by atoms with E-state index in [4.69, 9.17) is 5.73 Å². The third kappa shape index (κ3) is 3.50. The maximum atomic E-state index is 6.29. The molecular weight excluding hydrogens is 184 g/mol. The van der Waals surface area contributed by atoms with Crippen LogP contribution in [-0.4, -0.2) is 25.0 Å². The highest BCUT2D eigenvalue weighted by atomic mass is 15.1. The fraction of sp³-hybridized carbons (Fsp3) is 0.385. The van der Waals surface area contributed by atoms with Crippen molar-refractivity contribution in [2.75, 3.05) is 20.1 Å². The van der Waals surface area contributed by atoms with Gasteiger partial charge in [-0.3, -0.25) is 0 Å². The highest BCUT2D eigenvalue weighted by molar-refractivity contribution is 5.23. The van der Waals surface area contributed by atoms with Crippen LogP contribution in [0.2, 0.25) is 0 Å². The molecule has 1 atom stereocenters. The molecule has 0 heterocycles. The molecule has 0 aliphatic rings. The Bertz CT molecular complexity index is 304. The molecule has 0 radical (unpaired) electrons. The lowest BCUT2D eigenvalue weighted by molar-refractivity contribution is 0.281. The van der Waals surface area contributed by atoms with Crippen molar-refractivity contribution < 1.29 is 0 Å². The molecule has 15 heavy (non-hydrogen) atoms. The Hall–Kier alpha value is -1.12. The largest absolute Gasteiger partial charge is 0.321 e. The first kappa shape index (κ1) is 12.0. The molecule has 0 saturated heterocycles. The van der Waals surface area contributed by atoms with E-state index in [0.717, 1.165) is 13.1 Å². The van der Waals surface area contributed by atoms with Crippen LogP contribution in [0.3, 0.4) is 0 Å². The second kappa shape index (κ2) is 5.10. The van der Waals surface area contributed by atoms with Crippen molar-refractivity contribution in [3.8, 4) is 0 Å². The highest BCUT2D eigenvalue weighted by Gasteiger charge is 2.22. The van der Waals surface area contributed by atoms with Crippen LogP contribution in [0.15, 0.2) is 43.0 Å². The van der Waals surface area contributed by atoms with Gasteiger partial charge in [0.1, 0.15) is 0 Å². The third-order valence-electron chi connectivity index (χ3n) is 2.47. The van der Waals surface area contributed by atoms with Crippen LogP contribution in [0.4, 0.5) is 0 Å². The molecule has 2 nitrogen and oxygen atoms in total. The molecule has 1 aromatic carbocycles. The van der Waals surface area contributed by atoms with Gasteiger partial charge in [0.2, 0.25) is 0 Å². The van der Waals surface area contributed by atoms with Gasteiger partial charge in [0.05, 0.1) is 5.54 Å². The fourth-order valence-corrected chi connectivity index (χ4v) is 1.76. The van der Waals surface area contributed by atoms with Gasteiger partial charge in [-0.25, -0.2) is 0 Å². The summed E-state index contributed by atoms with van der Waals surface area (Å²) in [6.45, 7) is 7.46. The molecule has 0 spiro atoms. The minimum atomic E-state index is -0.307. The molecule has 0 saturated carbocycles. The molecule has 0 aliphatic carbocycles. The van der Waals surface area contributed by atoms with Gasteiger partial charge >= 0.3 is 0 Å². The van der Waals surface area contributed by atoms with Crippen molar-refractivity contribution in [3.05, 3.63) is 48.6 Å². The number of rotatable bonds is 5. The molecule has 1 aromatic rings. The van der Waals surface area contributed by atoms with E-state index in [-0.39, 0.29) is 5.54 Å². The Morgan fingerprint density at radius 3 is 2.53 bits per heavy atom. The van der Waals surface area contributed by atoms with E-state index in [1.54, 1.807) is 0 Å². The summed E-state index contributed by atoms with van der Waals surface area (Å²) in [4.78, 5) is 2.17. The zero-order valence-electron chi connectivity index (χ0n) is 9.61. The second-order valence-electron chi connectivity index (χ2n) is 4.27. The van der Waals surface area contributed by atoms with Crippen LogP contribution in [0.25, 0.3) is 0 Å². The normalized spacial score (nSPS) is 14.9. The Balaban J connectivity index is 2.70. The maximum absolute atomic E-state index is 6.29. The van der Waals surface area contributed by atoms with Crippen LogP contribution >= 0.6 is 0 Å². The van der Waals surface area contributed by atoms with Gasteiger partial charge in [-0.1, -0.05) is 36.4 Å². The SMILES string of the molecule is C=CCN(C)CC(C)(N)c1ccccc1. The summed E-state index contributed by atoms with van der Waals surface area (Å²) >= 11 is 0. The molecule has 0 aromatic heterocycles. The van der Waals surface area contributed by atoms with Crippen molar-refractivity contribution in [2.45, 2.75) is 12.5 Å². The van der Waals surface area contributed by atoms with E-state index in [1.807, 2.05) is 24.3 Å². The minimum absolute atomic E-state index is 0.307. The lowest BCUT2D eigenvalue weighted by Gasteiger charge is -2.30. The van der Waals surface area contributed by atoms with E-state index in [0.29, 0.717) is 0 Å². The monoisotopic (exact) mass is 204 g/mol. The second-order valence-corrected chi connectivity index (χ2v) is 4.27. The number of hydrogen-bond donors (Lipinski definition) is 1. The van der Waals surface area contributed by atoms with Gasteiger partial charge in [0, 0.05) is 13.1 Å². The third-order valence-corrected chi connectivity index (χ3v) is 2.47. The van der Waals surface area contributed by atoms with Crippen LogP contribution in [0.1, 0.15) is 12.5 Å².